The number of carbonyl (C=O) groups is 1. The summed E-state index contributed by atoms with van der Waals surface area (Å²) in [5, 5.41) is 16.5. The number of thiophene rings is 1. The maximum absolute atomic E-state index is 12.2. The van der Waals surface area contributed by atoms with Gasteiger partial charge in [0.1, 0.15) is 11.4 Å². The molecule has 0 aliphatic carbocycles. The third-order valence-corrected chi connectivity index (χ3v) is 6.43. The predicted octanol–water partition coefficient (Wildman–Crippen LogP) is 4.33. The normalized spacial score (nSPS) is 14.5. The van der Waals surface area contributed by atoms with Gasteiger partial charge >= 0.3 is 0 Å². The Balaban J connectivity index is 1.53. The van der Waals surface area contributed by atoms with E-state index in [1.165, 1.54) is 31.4 Å². The third kappa shape index (κ3) is 4.23. The molecule has 1 aliphatic rings. The van der Waals surface area contributed by atoms with Gasteiger partial charge in [-0.25, -0.2) is 10.4 Å². The van der Waals surface area contributed by atoms with Crippen LogP contribution in [0.1, 0.15) is 34.5 Å². The topological polar surface area (TPSA) is 77.8 Å². The van der Waals surface area contributed by atoms with Crippen molar-refractivity contribution >= 4 is 39.9 Å². The minimum absolute atomic E-state index is 0.121. The number of hydrazone groups is 1. The van der Waals surface area contributed by atoms with Crippen molar-refractivity contribution < 1.29 is 9.90 Å². The van der Waals surface area contributed by atoms with Crippen molar-refractivity contribution in [1.82, 2.24) is 10.4 Å². The lowest BCUT2D eigenvalue weighted by molar-refractivity contribution is 0.0955. The van der Waals surface area contributed by atoms with E-state index in [-0.39, 0.29) is 11.7 Å². The number of nitrogens with zero attached hydrogens (tertiary/aromatic N) is 3. The molecule has 28 heavy (non-hydrogen) atoms. The molecule has 2 N–H and O–H groups in total. The summed E-state index contributed by atoms with van der Waals surface area (Å²) in [7, 11) is 0. The number of amides is 1. The monoisotopic (exact) mass is 412 g/mol. The number of anilines is 1. The van der Waals surface area contributed by atoms with Crippen molar-refractivity contribution in [3.8, 4) is 16.3 Å². The Morgan fingerprint density at radius 3 is 2.68 bits per heavy atom. The van der Waals surface area contributed by atoms with Crippen LogP contribution in [0.15, 0.2) is 46.9 Å². The Morgan fingerprint density at radius 2 is 1.96 bits per heavy atom. The molecule has 0 saturated carbocycles. The molecule has 0 bridgehead atoms. The molecule has 0 atom stereocenters. The van der Waals surface area contributed by atoms with Crippen molar-refractivity contribution in [2.75, 3.05) is 18.0 Å². The van der Waals surface area contributed by atoms with Crippen LogP contribution in [-0.4, -0.2) is 35.3 Å². The number of phenols is 1. The molecule has 1 fully saturated rings. The molecule has 2 aromatic heterocycles. The highest BCUT2D eigenvalue weighted by molar-refractivity contribution is 7.18. The van der Waals surface area contributed by atoms with Crippen LogP contribution in [0.3, 0.4) is 0 Å². The van der Waals surface area contributed by atoms with Crippen molar-refractivity contribution in [3.63, 3.8) is 0 Å². The second-order valence-electron chi connectivity index (χ2n) is 6.48. The summed E-state index contributed by atoms with van der Waals surface area (Å²) < 4.78 is 0. The Hall–Kier alpha value is -2.71. The SMILES string of the molecule is O=C(N/N=C\c1sc(N2CCCCC2)nc1-c1cccs1)c1ccc(O)cc1. The first-order valence-corrected chi connectivity index (χ1v) is 10.8. The van der Waals surface area contributed by atoms with Gasteiger partial charge < -0.3 is 10.0 Å². The van der Waals surface area contributed by atoms with Crippen molar-refractivity contribution in [2.45, 2.75) is 19.3 Å². The van der Waals surface area contributed by atoms with E-state index in [9.17, 15) is 9.90 Å². The molecule has 0 radical (unpaired) electrons. The van der Waals surface area contributed by atoms with E-state index in [0.29, 0.717) is 5.56 Å². The number of benzene rings is 1. The van der Waals surface area contributed by atoms with Crippen LogP contribution in [0.2, 0.25) is 0 Å². The first kappa shape index (κ1) is 18.6. The lowest BCUT2D eigenvalue weighted by Crippen LogP contribution is -2.29. The molecule has 4 rings (SSSR count). The molecular formula is C20H20N4O2S2. The van der Waals surface area contributed by atoms with Gasteiger partial charge in [-0.3, -0.25) is 4.79 Å². The first-order chi connectivity index (χ1) is 13.7. The van der Waals surface area contributed by atoms with Crippen LogP contribution in [0.4, 0.5) is 5.13 Å². The van der Waals surface area contributed by atoms with Gasteiger partial charge in [0, 0.05) is 18.7 Å². The molecule has 3 heterocycles. The largest absolute Gasteiger partial charge is 0.508 e. The minimum Gasteiger partial charge on any atom is -0.508 e. The molecule has 0 unspecified atom stereocenters. The molecule has 144 valence electrons. The van der Waals surface area contributed by atoms with E-state index in [0.717, 1.165) is 33.7 Å². The average molecular weight is 413 g/mol. The van der Waals surface area contributed by atoms with Crippen molar-refractivity contribution in [1.29, 1.82) is 0 Å². The lowest BCUT2D eigenvalue weighted by atomic mass is 10.1. The fourth-order valence-corrected chi connectivity index (χ4v) is 4.84. The number of hydrogen-bond donors (Lipinski definition) is 2. The van der Waals surface area contributed by atoms with Crippen LogP contribution in [0.25, 0.3) is 10.6 Å². The summed E-state index contributed by atoms with van der Waals surface area (Å²) in [5.41, 5.74) is 3.89. The molecular weight excluding hydrogens is 392 g/mol. The van der Waals surface area contributed by atoms with E-state index in [2.05, 4.69) is 15.4 Å². The van der Waals surface area contributed by atoms with Gasteiger partial charge in [0.05, 0.1) is 16.0 Å². The average Bonchev–Trinajstić information content (AvgIpc) is 3.39. The van der Waals surface area contributed by atoms with Gasteiger partial charge in [-0.1, -0.05) is 17.4 Å². The smallest absolute Gasteiger partial charge is 0.271 e. The highest BCUT2D eigenvalue weighted by Crippen LogP contribution is 2.35. The molecule has 6 nitrogen and oxygen atoms in total. The number of hydrogen-bond acceptors (Lipinski definition) is 7. The van der Waals surface area contributed by atoms with Crippen LogP contribution in [0, 0.1) is 0 Å². The van der Waals surface area contributed by atoms with Crippen LogP contribution in [0.5, 0.6) is 5.75 Å². The second kappa shape index (κ2) is 8.53. The zero-order valence-corrected chi connectivity index (χ0v) is 16.8. The Morgan fingerprint density at radius 1 is 1.18 bits per heavy atom. The molecule has 1 aromatic carbocycles. The summed E-state index contributed by atoms with van der Waals surface area (Å²) in [6, 6.07) is 10.1. The van der Waals surface area contributed by atoms with Gasteiger partial charge in [0.15, 0.2) is 5.13 Å². The van der Waals surface area contributed by atoms with Gasteiger partial charge in [-0.05, 0) is 55.0 Å². The number of rotatable bonds is 5. The summed E-state index contributed by atoms with van der Waals surface area (Å²) in [4.78, 5) is 21.4. The fourth-order valence-electron chi connectivity index (χ4n) is 3.04. The second-order valence-corrected chi connectivity index (χ2v) is 8.44. The van der Waals surface area contributed by atoms with Crippen molar-refractivity contribution in [2.24, 2.45) is 5.10 Å². The maximum Gasteiger partial charge on any atom is 0.271 e. The molecule has 1 aliphatic heterocycles. The Labute approximate surface area is 171 Å². The summed E-state index contributed by atoms with van der Waals surface area (Å²) in [6.45, 7) is 2.07. The van der Waals surface area contributed by atoms with E-state index >= 15 is 0 Å². The molecule has 3 aromatic rings. The van der Waals surface area contributed by atoms with Gasteiger partial charge in [-0.2, -0.15) is 5.10 Å². The highest BCUT2D eigenvalue weighted by Gasteiger charge is 2.19. The molecule has 8 heteroatoms. The van der Waals surface area contributed by atoms with E-state index < -0.39 is 0 Å². The third-order valence-electron chi connectivity index (χ3n) is 4.50. The van der Waals surface area contributed by atoms with Gasteiger partial charge in [0.2, 0.25) is 0 Å². The maximum atomic E-state index is 12.2. The van der Waals surface area contributed by atoms with E-state index in [1.807, 2.05) is 17.5 Å². The van der Waals surface area contributed by atoms with Crippen molar-refractivity contribution in [3.05, 3.63) is 52.2 Å². The van der Waals surface area contributed by atoms with Gasteiger partial charge in [0.25, 0.3) is 5.91 Å². The quantitative estimate of drug-likeness (QED) is 0.483. The molecule has 0 spiro atoms. The fraction of sp³-hybridized carbons (Fsp3) is 0.250. The molecule has 1 saturated heterocycles. The number of aromatic nitrogens is 1. The van der Waals surface area contributed by atoms with E-state index in [1.54, 1.807) is 41.0 Å². The standard InChI is InChI=1S/C20H20N4O2S2/c25-15-8-6-14(7-9-15)19(26)23-21-13-17-18(16-5-4-12-27-16)22-20(28-17)24-10-2-1-3-11-24/h4-9,12-13,25H,1-3,10-11H2,(H,23,26)/b21-13-. The number of piperidine rings is 1. The van der Waals surface area contributed by atoms with E-state index in [4.69, 9.17) is 4.98 Å². The highest BCUT2D eigenvalue weighted by atomic mass is 32.1. The number of thiazole rings is 1. The summed E-state index contributed by atoms with van der Waals surface area (Å²) >= 11 is 3.24. The number of nitrogens with one attached hydrogen (secondary N) is 1. The van der Waals surface area contributed by atoms with Crippen LogP contribution in [-0.2, 0) is 0 Å². The van der Waals surface area contributed by atoms with Crippen LogP contribution < -0.4 is 10.3 Å². The number of carbonyl (C=O) groups excluding carboxylic acids is 1. The van der Waals surface area contributed by atoms with Crippen LogP contribution >= 0.6 is 22.7 Å². The Kier molecular flexibility index (Phi) is 5.68. The first-order valence-electron chi connectivity index (χ1n) is 9.13. The zero-order chi connectivity index (χ0) is 19.3. The zero-order valence-electron chi connectivity index (χ0n) is 15.2. The minimum atomic E-state index is -0.324. The van der Waals surface area contributed by atoms with Gasteiger partial charge in [-0.15, -0.1) is 11.3 Å². The lowest BCUT2D eigenvalue weighted by Gasteiger charge is -2.25. The number of aromatic hydroxyl groups is 1. The molecule has 1 amide bonds. The predicted molar refractivity (Wildman–Crippen MR) is 115 cm³/mol. The Bertz CT molecular complexity index is 959. The number of phenolic OH excluding ortho intramolecular Hbond substituents is 1. The summed E-state index contributed by atoms with van der Waals surface area (Å²) in [6.07, 6.45) is 5.33. The summed E-state index contributed by atoms with van der Waals surface area (Å²) in [5.74, 6) is -0.203.